The highest BCUT2D eigenvalue weighted by atomic mass is 35.5. The predicted octanol–water partition coefficient (Wildman–Crippen LogP) is 3.89. The number of rotatable bonds is 5. The van der Waals surface area contributed by atoms with Gasteiger partial charge in [0.1, 0.15) is 5.78 Å². The van der Waals surface area contributed by atoms with E-state index >= 15 is 0 Å². The molecule has 16 heavy (non-hydrogen) atoms. The van der Waals surface area contributed by atoms with E-state index in [0.29, 0.717) is 17.9 Å². The van der Waals surface area contributed by atoms with Crippen molar-refractivity contribution >= 4 is 17.4 Å². The Bertz CT molecular complexity index is 395. The van der Waals surface area contributed by atoms with Gasteiger partial charge in [-0.2, -0.15) is 0 Å². The molecule has 0 aliphatic carbocycles. The second-order valence-corrected chi connectivity index (χ2v) is 4.68. The van der Waals surface area contributed by atoms with Crippen LogP contribution in [0.2, 0.25) is 0 Å². The molecular formula is C14H17ClO. The maximum atomic E-state index is 11.8. The highest BCUT2D eigenvalue weighted by molar-refractivity contribution is 6.29. The van der Waals surface area contributed by atoms with E-state index in [2.05, 4.69) is 6.58 Å². The van der Waals surface area contributed by atoms with Crippen LogP contribution in [0, 0.1) is 12.8 Å². The van der Waals surface area contributed by atoms with Crippen LogP contribution in [0.25, 0.3) is 0 Å². The van der Waals surface area contributed by atoms with Gasteiger partial charge in [0.25, 0.3) is 0 Å². The number of hydrogen-bond donors (Lipinski definition) is 0. The van der Waals surface area contributed by atoms with Gasteiger partial charge in [0.15, 0.2) is 0 Å². The largest absolute Gasteiger partial charge is 0.299 e. The molecule has 0 saturated carbocycles. The quantitative estimate of drug-likeness (QED) is 0.758. The molecule has 0 aliphatic heterocycles. The summed E-state index contributed by atoms with van der Waals surface area (Å²) < 4.78 is 0. The third kappa shape index (κ3) is 3.82. The SMILES string of the molecule is C=C(Cl)C(C)CC(=O)Cc1ccccc1C. The fourth-order valence-electron chi connectivity index (χ4n) is 1.55. The molecule has 1 unspecified atom stereocenters. The van der Waals surface area contributed by atoms with Crippen molar-refractivity contribution in [2.45, 2.75) is 26.7 Å². The molecule has 0 bridgehead atoms. The summed E-state index contributed by atoms with van der Waals surface area (Å²) in [5.74, 6) is 0.266. The first-order valence-electron chi connectivity index (χ1n) is 5.41. The molecule has 0 amide bonds. The summed E-state index contributed by atoms with van der Waals surface area (Å²) >= 11 is 5.76. The number of hydrogen-bond acceptors (Lipinski definition) is 1. The van der Waals surface area contributed by atoms with Gasteiger partial charge in [-0.1, -0.05) is 49.4 Å². The van der Waals surface area contributed by atoms with Crippen LogP contribution in [-0.2, 0) is 11.2 Å². The standard InChI is InChI=1S/C14H17ClO/c1-10-6-4-5-7-13(10)9-14(16)8-11(2)12(3)15/h4-7,11H,3,8-9H2,1-2H3. The van der Waals surface area contributed by atoms with E-state index in [1.165, 1.54) is 0 Å². The second kappa shape index (κ2) is 5.86. The maximum Gasteiger partial charge on any atom is 0.137 e. The minimum atomic E-state index is 0.0539. The fraction of sp³-hybridized carbons (Fsp3) is 0.357. The number of ketones is 1. The molecular weight excluding hydrogens is 220 g/mol. The lowest BCUT2D eigenvalue weighted by Crippen LogP contribution is -2.09. The first-order chi connectivity index (χ1) is 7.50. The van der Waals surface area contributed by atoms with Crippen molar-refractivity contribution in [3.63, 3.8) is 0 Å². The molecule has 0 fully saturated rings. The van der Waals surface area contributed by atoms with Gasteiger partial charge in [-0.15, -0.1) is 0 Å². The Kier molecular flexibility index (Phi) is 4.75. The van der Waals surface area contributed by atoms with Crippen LogP contribution in [0.5, 0.6) is 0 Å². The van der Waals surface area contributed by atoms with Gasteiger partial charge in [-0.25, -0.2) is 0 Å². The molecule has 1 rings (SSSR count). The van der Waals surface area contributed by atoms with Crippen LogP contribution < -0.4 is 0 Å². The number of aryl methyl sites for hydroxylation is 1. The monoisotopic (exact) mass is 236 g/mol. The van der Waals surface area contributed by atoms with Crippen molar-refractivity contribution in [1.82, 2.24) is 0 Å². The lowest BCUT2D eigenvalue weighted by molar-refractivity contribution is -0.118. The molecule has 0 spiro atoms. The number of halogens is 1. The zero-order chi connectivity index (χ0) is 12.1. The van der Waals surface area contributed by atoms with E-state index in [1.54, 1.807) is 0 Å². The lowest BCUT2D eigenvalue weighted by atomic mass is 9.97. The van der Waals surface area contributed by atoms with Gasteiger partial charge >= 0.3 is 0 Å². The van der Waals surface area contributed by atoms with E-state index in [4.69, 9.17) is 11.6 Å². The maximum absolute atomic E-state index is 11.8. The second-order valence-electron chi connectivity index (χ2n) is 4.19. The Balaban J connectivity index is 2.59. The first-order valence-corrected chi connectivity index (χ1v) is 5.79. The Hall–Kier alpha value is -1.08. The summed E-state index contributed by atoms with van der Waals surface area (Å²) in [7, 11) is 0. The highest BCUT2D eigenvalue weighted by Gasteiger charge is 2.12. The minimum absolute atomic E-state index is 0.0539. The van der Waals surface area contributed by atoms with Crippen molar-refractivity contribution in [2.24, 2.45) is 5.92 Å². The minimum Gasteiger partial charge on any atom is -0.299 e. The van der Waals surface area contributed by atoms with Crippen molar-refractivity contribution in [3.8, 4) is 0 Å². The van der Waals surface area contributed by atoms with Crippen LogP contribution >= 0.6 is 11.6 Å². The zero-order valence-corrected chi connectivity index (χ0v) is 10.6. The average molecular weight is 237 g/mol. The first kappa shape index (κ1) is 13.0. The molecule has 2 heteroatoms. The summed E-state index contributed by atoms with van der Waals surface area (Å²) in [6.07, 6.45) is 0.956. The molecule has 0 radical (unpaired) electrons. The summed E-state index contributed by atoms with van der Waals surface area (Å²) in [6.45, 7) is 7.59. The summed E-state index contributed by atoms with van der Waals surface area (Å²) in [6, 6.07) is 7.95. The molecule has 0 heterocycles. The number of benzene rings is 1. The van der Waals surface area contributed by atoms with E-state index in [1.807, 2.05) is 38.1 Å². The normalized spacial score (nSPS) is 12.2. The summed E-state index contributed by atoms with van der Waals surface area (Å²) in [5, 5.41) is 0.554. The summed E-state index contributed by atoms with van der Waals surface area (Å²) in [5.41, 5.74) is 2.26. The lowest BCUT2D eigenvalue weighted by Gasteiger charge is -2.09. The molecule has 1 nitrogen and oxygen atoms in total. The smallest absolute Gasteiger partial charge is 0.137 e. The third-order valence-electron chi connectivity index (χ3n) is 2.72. The molecule has 0 aliphatic rings. The van der Waals surface area contributed by atoms with E-state index in [-0.39, 0.29) is 11.7 Å². The number of Topliss-reactive ketones (excluding diaryl/α,β-unsaturated/α-hetero) is 1. The molecule has 1 aromatic rings. The van der Waals surface area contributed by atoms with Crippen molar-refractivity contribution < 1.29 is 4.79 Å². The van der Waals surface area contributed by atoms with Gasteiger partial charge in [0.2, 0.25) is 0 Å². The fourth-order valence-corrected chi connectivity index (χ4v) is 1.62. The van der Waals surface area contributed by atoms with Crippen LogP contribution in [-0.4, -0.2) is 5.78 Å². The Labute approximate surface area is 102 Å². The number of allylic oxidation sites excluding steroid dienone is 1. The van der Waals surface area contributed by atoms with Crippen LogP contribution in [0.4, 0.5) is 0 Å². The Morgan fingerprint density at radius 2 is 2.06 bits per heavy atom. The average Bonchev–Trinajstić information content (AvgIpc) is 2.21. The zero-order valence-electron chi connectivity index (χ0n) is 9.79. The topological polar surface area (TPSA) is 17.1 Å². The van der Waals surface area contributed by atoms with Crippen LogP contribution in [0.15, 0.2) is 35.9 Å². The van der Waals surface area contributed by atoms with Gasteiger partial charge < -0.3 is 0 Å². The summed E-state index contributed by atoms with van der Waals surface area (Å²) in [4.78, 5) is 11.8. The Morgan fingerprint density at radius 1 is 1.44 bits per heavy atom. The number of carbonyl (C=O) groups is 1. The van der Waals surface area contributed by atoms with Gasteiger partial charge in [0, 0.05) is 17.9 Å². The predicted molar refractivity (Wildman–Crippen MR) is 68.7 cm³/mol. The Morgan fingerprint density at radius 3 is 2.62 bits per heavy atom. The third-order valence-corrected chi connectivity index (χ3v) is 3.09. The van der Waals surface area contributed by atoms with Gasteiger partial charge in [-0.05, 0) is 24.0 Å². The van der Waals surface area contributed by atoms with E-state index < -0.39 is 0 Å². The van der Waals surface area contributed by atoms with Crippen molar-refractivity contribution in [2.75, 3.05) is 0 Å². The van der Waals surface area contributed by atoms with Crippen LogP contribution in [0.3, 0.4) is 0 Å². The van der Waals surface area contributed by atoms with E-state index in [0.717, 1.165) is 11.1 Å². The van der Waals surface area contributed by atoms with Crippen molar-refractivity contribution in [3.05, 3.63) is 47.0 Å². The van der Waals surface area contributed by atoms with E-state index in [9.17, 15) is 4.79 Å². The molecule has 0 saturated heterocycles. The van der Waals surface area contributed by atoms with Crippen molar-refractivity contribution in [1.29, 1.82) is 0 Å². The highest BCUT2D eigenvalue weighted by Crippen LogP contribution is 2.18. The molecule has 0 aromatic heterocycles. The molecule has 1 aromatic carbocycles. The van der Waals surface area contributed by atoms with Crippen LogP contribution in [0.1, 0.15) is 24.5 Å². The molecule has 1 atom stereocenters. The molecule has 86 valence electrons. The van der Waals surface area contributed by atoms with Gasteiger partial charge in [0.05, 0.1) is 0 Å². The molecule has 0 N–H and O–H groups in total. The number of carbonyl (C=O) groups excluding carboxylic acids is 1. The van der Waals surface area contributed by atoms with Gasteiger partial charge in [-0.3, -0.25) is 4.79 Å².